The summed E-state index contributed by atoms with van der Waals surface area (Å²) in [7, 11) is 0. The first-order valence-corrected chi connectivity index (χ1v) is 8.43. The zero-order chi connectivity index (χ0) is 15.8. The van der Waals surface area contributed by atoms with Crippen LogP contribution in [-0.2, 0) is 0 Å². The highest BCUT2D eigenvalue weighted by atomic mass is 79.9. The Labute approximate surface area is 143 Å². The number of nitrogens with zero attached hydrogens (tertiary/aromatic N) is 2. The van der Waals surface area contributed by atoms with Gasteiger partial charge >= 0.3 is 0 Å². The van der Waals surface area contributed by atoms with E-state index in [9.17, 15) is 9.59 Å². The molecule has 1 aromatic rings. The van der Waals surface area contributed by atoms with E-state index in [1.54, 1.807) is 13.8 Å². The molecule has 4 nitrogen and oxygen atoms in total. The monoisotopic (exact) mass is 420 g/mol. The molecule has 0 saturated carbocycles. The van der Waals surface area contributed by atoms with Crippen LogP contribution in [0.25, 0.3) is 0 Å². The van der Waals surface area contributed by atoms with Crippen LogP contribution in [0.2, 0.25) is 0 Å². The molecule has 0 aliphatic heterocycles. The first-order valence-electron chi connectivity index (χ1n) is 6.85. The van der Waals surface area contributed by atoms with E-state index in [2.05, 4.69) is 42.1 Å². The molecule has 6 heteroatoms. The van der Waals surface area contributed by atoms with Crippen molar-refractivity contribution in [1.29, 1.82) is 0 Å². The first kappa shape index (κ1) is 14.2. The molecule has 0 amide bonds. The highest BCUT2D eigenvalue weighted by Gasteiger charge is 2.44. The minimum Gasteiger partial charge on any atom is -0.289 e. The molecule has 0 fully saturated rings. The summed E-state index contributed by atoms with van der Waals surface area (Å²) in [5, 5.41) is 8.02. The zero-order valence-electron chi connectivity index (χ0n) is 11.9. The maximum atomic E-state index is 13.0. The number of fused-ring (bicyclic) bond motifs is 3. The normalized spacial score (nSPS) is 20.0. The lowest BCUT2D eigenvalue weighted by atomic mass is 9.83. The van der Waals surface area contributed by atoms with E-state index < -0.39 is 0 Å². The molecular formula is C16H10Br2N2O2. The molecule has 0 bridgehead atoms. The second-order valence-corrected chi connectivity index (χ2v) is 7.56. The third kappa shape index (κ3) is 1.62. The molecule has 0 radical (unpaired) electrons. The summed E-state index contributed by atoms with van der Waals surface area (Å²) in [5.41, 5.74) is 4.93. The highest BCUT2D eigenvalue weighted by Crippen LogP contribution is 2.52. The smallest absolute Gasteiger partial charge is 0.196 e. The molecule has 1 aromatic heterocycles. The van der Waals surface area contributed by atoms with E-state index in [0.717, 1.165) is 26.5 Å². The van der Waals surface area contributed by atoms with E-state index in [1.807, 2.05) is 0 Å². The predicted molar refractivity (Wildman–Crippen MR) is 88.3 cm³/mol. The lowest BCUT2D eigenvalue weighted by Gasteiger charge is -2.19. The van der Waals surface area contributed by atoms with Gasteiger partial charge in [0.1, 0.15) is 0 Å². The zero-order valence-corrected chi connectivity index (χ0v) is 15.1. The van der Waals surface area contributed by atoms with Gasteiger partial charge in [-0.2, -0.15) is 10.2 Å². The number of ketones is 2. The molecule has 0 N–H and O–H groups in total. The number of halogens is 2. The third-order valence-electron chi connectivity index (χ3n) is 4.40. The van der Waals surface area contributed by atoms with Crippen molar-refractivity contribution in [2.24, 2.45) is 0 Å². The molecule has 1 heterocycles. The molecule has 22 heavy (non-hydrogen) atoms. The summed E-state index contributed by atoms with van der Waals surface area (Å²) >= 11 is 7.11. The molecule has 0 atom stereocenters. The molecule has 110 valence electrons. The Hall–Kier alpha value is -1.40. The van der Waals surface area contributed by atoms with Gasteiger partial charge in [-0.15, -0.1) is 0 Å². The third-order valence-corrected chi connectivity index (χ3v) is 5.83. The van der Waals surface area contributed by atoms with Crippen molar-refractivity contribution in [2.75, 3.05) is 0 Å². The van der Waals surface area contributed by atoms with E-state index in [1.165, 1.54) is 0 Å². The number of rotatable bonds is 0. The lowest BCUT2D eigenvalue weighted by molar-refractivity contribution is 0.0975. The number of allylic oxidation sites excluding steroid dienone is 6. The maximum absolute atomic E-state index is 13.0. The standard InChI is InChI=1S/C16H10Br2N2O2/c1-5-11-12(6(2)20-19-5)16(22)14-8(15(11)21)3-7-9(17)4-10(18)13(7)14/h3-4H2,1-2H3. The predicted octanol–water partition coefficient (Wildman–Crippen LogP) is 3.87. The molecule has 0 aromatic carbocycles. The average molecular weight is 422 g/mol. The minimum absolute atomic E-state index is 0.0879. The number of hydrogen-bond donors (Lipinski definition) is 0. The van der Waals surface area contributed by atoms with Crippen LogP contribution in [0.15, 0.2) is 31.3 Å². The van der Waals surface area contributed by atoms with Gasteiger partial charge in [-0.25, -0.2) is 0 Å². The highest BCUT2D eigenvalue weighted by molar-refractivity contribution is 9.12. The number of carbonyl (C=O) groups excluding carboxylic acids is 2. The quantitative estimate of drug-likeness (QED) is 0.637. The first-order chi connectivity index (χ1) is 10.4. The van der Waals surface area contributed by atoms with Crippen molar-refractivity contribution < 1.29 is 9.59 Å². The van der Waals surface area contributed by atoms with E-state index in [-0.39, 0.29) is 11.6 Å². The summed E-state index contributed by atoms with van der Waals surface area (Å²) in [6, 6.07) is 0. The van der Waals surface area contributed by atoms with Gasteiger partial charge in [0.2, 0.25) is 0 Å². The molecule has 0 saturated heterocycles. The average Bonchev–Trinajstić information content (AvgIpc) is 2.99. The van der Waals surface area contributed by atoms with Gasteiger partial charge in [0, 0.05) is 38.5 Å². The van der Waals surface area contributed by atoms with Crippen LogP contribution < -0.4 is 0 Å². The molecule has 3 aliphatic rings. The van der Waals surface area contributed by atoms with Gasteiger partial charge in [0.05, 0.1) is 22.5 Å². The second kappa shape index (κ2) is 4.55. The molecule has 0 unspecified atom stereocenters. The van der Waals surface area contributed by atoms with Crippen molar-refractivity contribution in [3.63, 3.8) is 0 Å². The molecule has 0 spiro atoms. The van der Waals surface area contributed by atoms with E-state index in [4.69, 9.17) is 0 Å². The Bertz CT molecular complexity index is 907. The van der Waals surface area contributed by atoms with Crippen LogP contribution in [0.5, 0.6) is 0 Å². The lowest BCUT2D eigenvalue weighted by Crippen LogP contribution is -2.24. The summed E-state index contributed by atoms with van der Waals surface area (Å²) in [4.78, 5) is 25.9. The fraction of sp³-hybridized carbons (Fsp3) is 0.250. The largest absolute Gasteiger partial charge is 0.289 e. The van der Waals surface area contributed by atoms with E-state index in [0.29, 0.717) is 40.1 Å². The number of carbonyl (C=O) groups is 2. The van der Waals surface area contributed by atoms with Crippen LogP contribution in [0.4, 0.5) is 0 Å². The number of aromatic nitrogens is 2. The van der Waals surface area contributed by atoms with Gasteiger partial charge in [0.25, 0.3) is 0 Å². The van der Waals surface area contributed by atoms with Crippen LogP contribution in [0.1, 0.15) is 44.9 Å². The van der Waals surface area contributed by atoms with Crippen LogP contribution in [0.3, 0.4) is 0 Å². The topological polar surface area (TPSA) is 59.9 Å². The minimum atomic E-state index is -0.107. The summed E-state index contributed by atoms with van der Waals surface area (Å²) in [6.45, 7) is 3.45. The molecular weight excluding hydrogens is 412 g/mol. The van der Waals surface area contributed by atoms with Crippen molar-refractivity contribution in [3.05, 3.63) is 53.8 Å². The summed E-state index contributed by atoms with van der Waals surface area (Å²) < 4.78 is 2.00. The molecule has 4 rings (SSSR count). The molecule has 3 aliphatic carbocycles. The number of aryl methyl sites for hydroxylation is 2. The number of hydrogen-bond acceptors (Lipinski definition) is 4. The van der Waals surface area contributed by atoms with Crippen LogP contribution in [0, 0.1) is 13.8 Å². The van der Waals surface area contributed by atoms with Crippen LogP contribution >= 0.6 is 31.9 Å². The SMILES string of the molecule is Cc1nnc(C)c2c1C(=O)C1=C(C2=O)C2=C(Br)CC(Br)=C2C1. The summed E-state index contributed by atoms with van der Waals surface area (Å²) in [5.74, 6) is -0.195. The van der Waals surface area contributed by atoms with Gasteiger partial charge in [0.15, 0.2) is 11.6 Å². The van der Waals surface area contributed by atoms with Gasteiger partial charge in [-0.1, -0.05) is 31.9 Å². The van der Waals surface area contributed by atoms with Crippen molar-refractivity contribution >= 4 is 43.4 Å². The van der Waals surface area contributed by atoms with Crippen molar-refractivity contribution in [3.8, 4) is 0 Å². The van der Waals surface area contributed by atoms with Gasteiger partial charge in [-0.05, 0) is 19.4 Å². The van der Waals surface area contributed by atoms with Crippen molar-refractivity contribution in [2.45, 2.75) is 26.7 Å². The Kier molecular flexibility index (Phi) is 2.94. The Morgan fingerprint density at radius 3 is 2.00 bits per heavy atom. The fourth-order valence-corrected chi connectivity index (χ4v) is 5.12. The second-order valence-electron chi connectivity index (χ2n) is 5.65. The number of Topliss-reactive ketones (excluding diaryl/α,β-unsaturated/α-hetero) is 2. The van der Waals surface area contributed by atoms with Gasteiger partial charge < -0.3 is 0 Å². The Balaban J connectivity index is 2.04. The fourth-order valence-electron chi connectivity index (χ4n) is 3.41. The van der Waals surface area contributed by atoms with Crippen LogP contribution in [-0.4, -0.2) is 21.8 Å². The maximum Gasteiger partial charge on any atom is 0.196 e. The summed E-state index contributed by atoms with van der Waals surface area (Å²) in [6.07, 6.45) is 1.24. The Morgan fingerprint density at radius 2 is 1.36 bits per heavy atom. The Morgan fingerprint density at radius 1 is 0.773 bits per heavy atom. The van der Waals surface area contributed by atoms with Crippen molar-refractivity contribution in [1.82, 2.24) is 10.2 Å². The van der Waals surface area contributed by atoms with E-state index >= 15 is 0 Å². The van der Waals surface area contributed by atoms with Gasteiger partial charge in [-0.3, -0.25) is 9.59 Å².